The fourth-order valence-electron chi connectivity index (χ4n) is 0.973. The molecule has 2 N–H and O–H groups in total. The molecule has 4 nitrogen and oxygen atoms in total. The molecule has 0 aliphatic heterocycles. The Hall–Kier alpha value is -0.550. The molecule has 5 heteroatoms. The van der Waals surface area contributed by atoms with E-state index in [0.29, 0.717) is 5.25 Å². The molecule has 0 bridgehead atoms. The number of aryl methyl sites for hydroxylation is 1. The molecule has 0 aliphatic rings. The van der Waals surface area contributed by atoms with Crippen molar-refractivity contribution >= 4 is 11.8 Å². The van der Waals surface area contributed by atoms with Gasteiger partial charge in [0.2, 0.25) is 0 Å². The molecule has 74 valence electrons. The van der Waals surface area contributed by atoms with Crippen molar-refractivity contribution in [2.75, 3.05) is 6.54 Å². The van der Waals surface area contributed by atoms with Crippen LogP contribution in [0.2, 0.25) is 0 Å². The summed E-state index contributed by atoms with van der Waals surface area (Å²) in [6.45, 7) is 2.95. The molecule has 1 aromatic heterocycles. The van der Waals surface area contributed by atoms with E-state index in [9.17, 15) is 0 Å². The zero-order valence-corrected chi connectivity index (χ0v) is 8.92. The SMILES string of the molecule is CC(CCN)SCc1nncn1C. The van der Waals surface area contributed by atoms with Crippen LogP contribution in [0.25, 0.3) is 0 Å². The van der Waals surface area contributed by atoms with Crippen LogP contribution in [0.1, 0.15) is 19.2 Å². The van der Waals surface area contributed by atoms with E-state index in [0.717, 1.165) is 24.5 Å². The predicted octanol–water partition coefficient (Wildman–Crippen LogP) is 0.786. The molecule has 0 radical (unpaired) electrons. The van der Waals surface area contributed by atoms with Crippen molar-refractivity contribution in [3.05, 3.63) is 12.2 Å². The van der Waals surface area contributed by atoms with Crippen LogP contribution in [0.4, 0.5) is 0 Å². The zero-order chi connectivity index (χ0) is 9.68. The quantitative estimate of drug-likeness (QED) is 0.763. The first-order chi connectivity index (χ1) is 6.24. The molecule has 1 unspecified atom stereocenters. The number of hydrogen-bond acceptors (Lipinski definition) is 4. The summed E-state index contributed by atoms with van der Waals surface area (Å²) in [6.07, 6.45) is 2.78. The summed E-state index contributed by atoms with van der Waals surface area (Å²) in [5.41, 5.74) is 5.46. The Morgan fingerprint density at radius 2 is 2.46 bits per heavy atom. The average Bonchev–Trinajstić information content (AvgIpc) is 2.48. The molecule has 0 saturated heterocycles. The summed E-state index contributed by atoms with van der Waals surface area (Å²) in [4.78, 5) is 0. The molecule has 0 saturated carbocycles. The molecule has 0 aromatic carbocycles. The molecule has 1 heterocycles. The van der Waals surface area contributed by atoms with Crippen LogP contribution >= 0.6 is 11.8 Å². The highest BCUT2D eigenvalue weighted by Crippen LogP contribution is 2.17. The molecule has 1 aromatic rings. The molecular formula is C8H16N4S. The van der Waals surface area contributed by atoms with E-state index in [2.05, 4.69) is 17.1 Å². The van der Waals surface area contributed by atoms with Crippen LogP contribution in [0.3, 0.4) is 0 Å². The van der Waals surface area contributed by atoms with E-state index in [1.807, 2.05) is 23.4 Å². The van der Waals surface area contributed by atoms with Crippen molar-refractivity contribution in [2.45, 2.75) is 24.3 Å². The van der Waals surface area contributed by atoms with Gasteiger partial charge in [-0.25, -0.2) is 0 Å². The van der Waals surface area contributed by atoms with Crippen molar-refractivity contribution in [1.82, 2.24) is 14.8 Å². The maximum Gasteiger partial charge on any atom is 0.142 e. The highest BCUT2D eigenvalue weighted by Gasteiger charge is 2.05. The minimum Gasteiger partial charge on any atom is -0.330 e. The van der Waals surface area contributed by atoms with E-state index in [-0.39, 0.29) is 0 Å². The number of nitrogens with two attached hydrogens (primary N) is 1. The van der Waals surface area contributed by atoms with Crippen molar-refractivity contribution in [3.8, 4) is 0 Å². The third kappa shape index (κ3) is 3.36. The van der Waals surface area contributed by atoms with E-state index < -0.39 is 0 Å². The first-order valence-electron chi connectivity index (χ1n) is 4.38. The Labute approximate surface area is 82.9 Å². The van der Waals surface area contributed by atoms with Crippen LogP contribution in [-0.4, -0.2) is 26.6 Å². The topological polar surface area (TPSA) is 56.7 Å². The van der Waals surface area contributed by atoms with Gasteiger partial charge in [-0.1, -0.05) is 6.92 Å². The summed E-state index contributed by atoms with van der Waals surface area (Å²) in [6, 6.07) is 0. The first-order valence-corrected chi connectivity index (χ1v) is 5.43. The van der Waals surface area contributed by atoms with Crippen molar-refractivity contribution in [1.29, 1.82) is 0 Å². The number of aromatic nitrogens is 3. The standard InChI is InChI=1S/C8H16N4S/c1-7(3-4-9)13-5-8-11-10-6-12(8)2/h6-7H,3-5,9H2,1-2H3. The molecule has 0 spiro atoms. The maximum absolute atomic E-state index is 5.46. The molecule has 0 fully saturated rings. The second kappa shape index (κ2) is 5.24. The Morgan fingerprint density at radius 3 is 3.00 bits per heavy atom. The van der Waals surface area contributed by atoms with Gasteiger partial charge in [0.15, 0.2) is 0 Å². The lowest BCUT2D eigenvalue weighted by Crippen LogP contribution is -2.08. The minimum absolute atomic E-state index is 0.599. The van der Waals surface area contributed by atoms with Crippen molar-refractivity contribution < 1.29 is 0 Å². The first kappa shape index (κ1) is 10.5. The van der Waals surface area contributed by atoms with Gasteiger partial charge >= 0.3 is 0 Å². The number of nitrogens with zero attached hydrogens (tertiary/aromatic N) is 3. The van der Waals surface area contributed by atoms with Gasteiger partial charge in [-0.05, 0) is 13.0 Å². The highest BCUT2D eigenvalue weighted by atomic mass is 32.2. The fourth-order valence-corrected chi connectivity index (χ4v) is 1.97. The summed E-state index contributed by atoms with van der Waals surface area (Å²) in [5.74, 6) is 1.94. The molecule has 13 heavy (non-hydrogen) atoms. The van der Waals surface area contributed by atoms with E-state index in [1.54, 1.807) is 6.33 Å². The molecule has 0 aliphatic carbocycles. The Bertz CT molecular complexity index is 248. The summed E-state index contributed by atoms with van der Waals surface area (Å²) >= 11 is 1.87. The Kier molecular flexibility index (Phi) is 4.24. The lowest BCUT2D eigenvalue weighted by atomic mass is 10.3. The third-order valence-electron chi connectivity index (χ3n) is 1.88. The van der Waals surface area contributed by atoms with Gasteiger partial charge in [0.05, 0.1) is 5.75 Å². The molecular weight excluding hydrogens is 184 g/mol. The Balaban J connectivity index is 2.30. The van der Waals surface area contributed by atoms with Crippen molar-refractivity contribution in [2.24, 2.45) is 12.8 Å². The smallest absolute Gasteiger partial charge is 0.142 e. The van der Waals surface area contributed by atoms with Crippen molar-refractivity contribution in [3.63, 3.8) is 0 Å². The van der Waals surface area contributed by atoms with E-state index in [4.69, 9.17) is 5.73 Å². The number of hydrogen-bond donors (Lipinski definition) is 1. The molecule has 1 atom stereocenters. The lowest BCUT2D eigenvalue weighted by molar-refractivity contribution is 0.814. The number of thioether (sulfide) groups is 1. The van der Waals surface area contributed by atoms with Crippen LogP contribution in [0, 0.1) is 0 Å². The van der Waals surface area contributed by atoms with Gasteiger partial charge in [0.1, 0.15) is 12.2 Å². The predicted molar refractivity (Wildman–Crippen MR) is 55.4 cm³/mol. The Morgan fingerprint density at radius 1 is 1.69 bits per heavy atom. The van der Waals surface area contributed by atoms with Gasteiger partial charge in [0.25, 0.3) is 0 Å². The molecule has 0 amide bonds. The van der Waals surface area contributed by atoms with Gasteiger partial charge < -0.3 is 10.3 Å². The monoisotopic (exact) mass is 200 g/mol. The largest absolute Gasteiger partial charge is 0.330 e. The van der Waals surface area contributed by atoms with Crippen LogP contribution in [-0.2, 0) is 12.8 Å². The van der Waals surface area contributed by atoms with Gasteiger partial charge in [-0.15, -0.1) is 10.2 Å². The van der Waals surface area contributed by atoms with Gasteiger partial charge in [-0.3, -0.25) is 0 Å². The van der Waals surface area contributed by atoms with E-state index >= 15 is 0 Å². The second-order valence-corrected chi connectivity index (χ2v) is 4.48. The summed E-state index contributed by atoms with van der Waals surface area (Å²) in [5, 5.41) is 8.43. The fraction of sp³-hybridized carbons (Fsp3) is 0.750. The second-order valence-electron chi connectivity index (χ2n) is 3.06. The van der Waals surface area contributed by atoms with E-state index in [1.165, 1.54) is 0 Å². The summed E-state index contributed by atoms with van der Waals surface area (Å²) < 4.78 is 1.95. The van der Waals surface area contributed by atoms with Crippen LogP contribution < -0.4 is 5.73 Å². The maximum atomic E-state index is 5.46. The summed E-state index contributed by atoms with van der Waals surface area (Å²) in [7, 11) is 1.96. The van der Waals surface area contributed by atoms with Gasteiger partial charge in [-0.2, -0.15) is 11.8 Å². The highest BCUT2D eigenvalue weighted by molar-refractivity contribution is 7.99. The normalized spacial score (nSPS) is 13.2. The lowest BCUT2D eigenvalue weighted by Gasteiger charge is -2.08. The van der Waals surface area contributed by atoms with Crippen LogP contribution in [0.15, 0.2) is 6.33 Å². The zero-order valence-electron chi connectivity index (χ0n) is 8.10. The number of rotatable bonds is 5. The molecule has 1 rings (SSSR count). The third-order valence-corrected chi connectivity index (χ3v) is 3.10. The average molecular weight is 200 g/mol. The van der Waals surface area contributed by atoms with Crippen LogP contribution in [0.5, 0.6) is 0 Å². The minimum atomic E-state index is 0.599. The van der Waals surface area contributed by atoms with Gasteiger partial charge in [0, 0.05) is 12.3 Å².